The second kappa shape index (κ2) is 1.80. The van der Waals surface area contributed by atoms with Gasteiger partial charge in [0.05, 0.1) is 18.5 Å². The molecule has 2 heterocycles. The molecule has 1 aromatic heterocycles. The van der Waals surface area contributed by atoms with Crippen molar-refractivity contribution in [3.63, 3.8) is 0 Å². The number of fused-ring (bicyclic) bond motifs is 1. The second-order valence-electron chi connectivity index (χ2n) is 2.21. The first-order chi connectivity index (χ1) is 4.88. The number of hydrogen-bond acceptors (Lipinski definition) is 2. The molecule has 0 saturated carbocycles. The fourth-order valence-electron chi connectivity index (χ4n) is 1.05. The number of Topliss-reactive ketones (excluding diaryl/α,β-unsaturated/α-hetero) is 1. The minimum atomic E-state index is -0.0220. The highest BCUT2D eigenvalue weighted by Gasteiger charge is 2.13. The number of carbonyl (C=O) groups excluding carboxylic acids is 1. The monoisotopic (exact) mass is 134 g/mol. The standard InChI is InChI=1S/C7H6N2O/c10-6-4-8-3-5-1-2-9-7(5)6/h1-2,4,9H,3H2. The molecule has 1 aromatic rings. The molecule has 1 N–H and O–H groups in total. The van der Waals surface area contributed by atoms with Gasteiger partial charge in [-0.05, 0) is 6.07 Å². The molecule has 0 radical (unpaired) electrons. The Morgan fingerprint density at radius 2 is 2.50 bits per heavy atom. The number of hydrogen-bond donors (Lipinski definition) is 1. The van der Waals surface area contributed by atoms with Crippen LogP contribution in [0.15, 0.2) is 17.3 Å². The van der Waals surface area contributed by atoms with Crippen LogP contribution in [-0.4, -0.2) is 17.0 Å². The Hall–Kier alpha value is -1.38. The zero-order chi connectivity index (χ0) is 6.97. The topological polar surface area (TPSA) is 45.2 Å². The lowest BCUT2D eigenvalue weighted by molar-refractivity contribution is 0.106. The van der Waals surface area contributed by atoms with Gasteiger partial charge in [0.25, 0.3) is 0 Å². The molecule has 0 atom stereocenters. The molecule has 0 aromatic carbocycles. The second-order valence-corrected chi connectivity index (χ2v) is 2.21. The fraction of sp³-hybridized carbons (Fsp3) is 0.143. The lowest BCUT2D eigenvalue weighted by atomic mass is 10.1. The number of rotatable bonds is 0. The van der Waals surface area contributed by atoms with E-state index in [1.807, 2.05) is 6.07 Å². The van der Waals surface area contributed by atoms with Gasteiger partial charge in [0.1, 0.15) is 0 Å². The number of aromatic amines is 1. The van der Waals surface area contributed by atoms with Crippen LogP contribution in [0.25, 0.3) is 0 Å². The van der Waals surface area contributed by atoms with Crippen LogP contribution in [0.3, 0.4) is 0 Å². The third-order valence-electron chi connectivity index (χ3n) is 1.55. The van der Waals surface area contributed by atoms with Gasteiger partial charge in [-0.1, -0.05) is 0 Å². The average Bonchev–Trinajstić information content (AvgIpc) is 2.36. The van der Waals surface area contributed by atoms with Crippen LogP contribution in [0.1, 0.15) is 16.1 Å². The van der Waals surface area contributed by atoms with Crippen molar-refractivity contribution in [2.75, 3.05) is 0 Å². The summed E-state index contributed by atoms with van der Waals surface area (Å²) >= 11 is 0. The Morgan fingerprint density at radius 1 is 1.60 bits per heavy atom. The average molecular weight is 134 g/mol. The van der Waals surface area contributed by atoms with E-state index in [1.165, 1.54) is 6.21 Å². The van der Waals surface area contributed by atoms with E-state index in [1.54, 1.807) is 6.20 Å². The molecule has 1 aliphatic rings. The Bertz CT molecular complexity index is 298. The molecule has 3 heteroatoms. The van der Waals surface area contributed by atoms with Crippen molar-refractivity contribution in [1.82, 2.24) is 4.98 Å². The summed E-state index contributed by atoms with van der Waals surface area (Å²) < 4.78 is 0. The molecule has 0 aliphatic carbocycles. The third-order valence-corrected chi connectivity index (χ3v) is 1.55. The molecular formula is C7H6N2O. The molecule has 0 bridgehead atoms. The molecule has 0 unspecified atom stereocenters. The van der Waals surface area contributed by atoms with Crippen molar-refractivity contribution in [3.05, 3.63) is 23.5 Å². The van der Waals surface area contributed by atoms with Gasteiger partial charge < -0.3 is 4.98 Å². The van der Waals surface area contributed by atoms with Gasteiger partial charge in [0.15, 0.2) is 0 Å². The predicted molar refractivity (Wildman–Crippen MR) is 37.3 cm³/mol. The summed E-state index contributed by atoms with van der Waals surface area (Å²) in [7, 11) is 0. The highest BCUT2D eigenvalue weighted by molar-refractivity contribution is 6.35. The summed E-state index contributed by atoms with van der Waals surface area (Å²) in [6.45, 7) is 0.630. The van der Waals surface area contributed by atoms with Gasteiger partial charge in [-0.25, -0.2) is 0 Å². The van der Waals surface area contributed by atoms with Gasteiger partial charge >= 0.3 is 0 Å². The molecule has 1 aliphatic heterocycles. The number of nitrogens with one attached hydrogen (secondary N) is 1. The summed E-state index contributed by atoms with van der Waals surface area (Å²) in [4.78, 5) is 17.7. The minimum absolute atomic E-state index is 0.0220. The first-order valence-corrected chi connectivity index (χ1v) is 3.08. The van der Waals surface area contributed by atoms with E-state index in [9.17, 15) is 4.79 Å². The highest BCUT2D eigenvalue weighted by atomic mass is 16.1. The molecule has 50 valence electrons. The zero-order valence-corrected chi connectivity index (χ0v) is 5.29. The summed E-state index contributed by atoms with van der Waals surface area (Å²) in [6.07, 6.45) is 3.12. The maximum atomic E-state index is 11.0. The van der Waals surface area contributed by atoms with Gasteiger partial charge in [-0.3, -0.25) is 9.79 Å². The van der Waals surface area contributed by atoms with E-state index in [2.05, 4.69) is 9.98 Å². The van der Waals surface area contributed by atoms with Crippen molar-refractivity contribution < 1.29 is 4.79 Å². The number of H-pyrrole nitrogens is 1. The molecule has 0 saturated heterocycles. The fourth-order valence-corrected chi connectivity index (χ4v) is 1.05. The van der Waals surface area contributed by atoms with Crippen LogP contribution in [0.4, 0.5) is 0 Å². The van der Waals surface area contributed by atoms with Crippen molar-refractivity contribution in [2.24, 2.45) is 4.99 Å². The summed E-state index contributed by atoms with van der Waals surface area (Å²) in [5.41, 5.74) is 1.68. The Labute approximate surface area is 57.8 Å². The normalized spacial score (nSPS) is 15.4. The van der Waals surface area contributed by atoms with E-state index in [0.29, 0.717) is 12.2 Å². The number of aromatic nitrogens is 1. The van der Waals surface area contributed by atoms with E-state index in [4.69, 9.17) is 0 Å². The van der Waals surface area contributed by atoms with Crippen LogP contribution in [0.2, 0.25) is 0 Å². The SMILES string of the molecule is O=C1C=NCc2cc[nH]c21. The van der Waals surface area contributed by atoms with Crippen LogP contribution in [0, 0.1) is 0 Å². The summed E-state index contributed by atoms with van der Waals surface area (Å²) in [5, 5.41) is 0. The Morgan fingerprint density at radius 3 is 3.30 bits per heavy atom. The lowest BCUT2D eigenvalue weighted by Crippen LogP contribution is -2.08. The predicted octanol–water partition coefficient (Wildman–Crippen LogP) is 0.782. The van der Waals surface area contributed by atoms with Crippen LogP contribution in [-0.2, 0) is 6.54 Å². The van der Waals surface area contributed by atoms with Crippen LogP contribution in [0.5, 0.6) is 0 Å². The summed E-state index contributed by atoms with van der Waals surface area (Å²) in [5.74, 6) is -0.0220. The van der Waals surface area contributed by atoms with Crippen LogP contribution < -0.4 is 0 Å². The Balaban J connectivity index is 2.58. The number of ketones is 1. The van der Waals surface area contributed by atoms with Crippen LogP contribution >= 0.6 is 0 Å². The van der Waals surface area contributed by atoms with Gasteiger partial charge in [0.2, 0.25) is 5.78 Å². The number of nitrogens with zero attached hydrogens (tertiary/aromatic N) is 1. The Kier molecular flexibility index (Phi) is 0.974. The van der Waals surface area contributed by atoms with E-state index >= 15 is 0 Å². The van der Waals surface area contributed by atoms with E-state index < -0.39 is 0 Å². The van der Waals surface area contributed by atoms with Gasteiger partial charge in [-0.15, -0.1) is 0 Å². The largest absolute Gasteiger partial charge is 0.358 e. The molecule has 0 fully saturated rings. The van der Waals surface area contributed by atoms with Crippen molar-refractivity contribution in [3.8, 4) is 0 Å². The van der Waals surface area contributed by atoms with Gasteiger partial charge in [0, 0.05) is 11.8 Å². The molecule has 3 nitrogen and oxygen atoms in total. The lowest BCUT2D eigenvalue weighted by Gasteiger charge is -2.01. The van der Waals surface area contributed by atoms with Crippen molar-refractivity contribution in [1.29, 1.82) is 0 Å². The summed E-state index contributed by atoms with van der Waals surface area (Å²) in [6, 6.07) is 1.88. The van der Waals surface area contributed by atoms with Gasteiger partial charge in [-0.2, -0.15) is 0 Å². The highest BCUT2D eigenvalue weighted by Crippen LogP contribution is 2.11. The molecule has 2 rings (SSSR count). The zero-order valence-electron chi connectivity index (χ0n) is 5.29. The third kappa shape index (κ3) is 0.603. The quantitative estimate of drug-likeness (QED) is 0.560. The molecular weight excluding hydrogens is 128 g/mol. The van der Waals surface area contributed by atoms with E-state index in [-0.39, 0.29) is 5.78 Å². The maximum absolute atomic E-state index is 11.0. The molecule has 10 heavy (non-hydrogen) atoms. The number of aliphatic imine (C=N–C) groups is 1. The van der Waals surface area contributed by atoms with E-state index in [0.717, 1.165) is 5.56 Å². The smallest absolute Gasteiger partial charge is 0.220 e. The minimum Gasteiger partial charge on any atom is -0.358 e. The first-order valence-electron chi connectivity index (χ1n) is 3.08. The van der Waals surface area contributed by atoms with Crippen molar-refractivity contribution >= 4 is 12.0 Å². The maximum Gasteiger partial charge on any atom is 0.220 e. The number of carbonyl (C=O) groups is 1. The molecule has 0 spiro atoms. The first kappa shape index (κ1) is 5.41. The molecule has 0 amide bonds. The van der Waals surface area contributed by atoms with Crippen molar-refractivity contribution in [2.45, 2.75) is 6.54 Å².